The fraction of sp³-hybridized carbons (Fsp3) is 0.909. The van der Waals surface area contributed by atoms with E-state index in [-0.39, 0.29) is 12.6 Å². The van der Waals surface area contributed by atoms with E-state index in [0.29, 0.717) is 4.90 Å². The molecule has 7 heteroatoms. The minimum absolute atomic E-state index is 0.0163. The molecule has 1 unspecified atom stereocenters. The number of rotatable bonds is 5. The van der Waals surface area contributed by atoms with Crippen LogP contribution in [0.2, 0.25) is 0 Å². The Balaban J connectivity index is 2.60. The molecule has 0 radical (unpaired) electrons. The van der Waals surface area contributed by atoms with E-state index >= 15 is 0 Å². The summed E-state index contributed by atoms with van der Waals surface area (Å²) in [6, 6.07) is -0.0163. The first-order chi connectivity index (χ1) is 8.30. The lowest BCUT2D eigenvalue weighted by molar-refractivity contribution is -0.179. The molecular formula is C11H18F4N2O. The normalized spacial score (nSPS) is 21.6. The topological polar surface area (TPSA) is 23.6 Å². The van der Waals surface area contributed by atoms with Crippen LogP contribution in [0.3, 0.4) is 0 Å². The zero-order valence-electron chi connectivity index (χ0n) is 10.5. The van der Waals surface area contributed by atoms with Crippen LogP contribution in [0, 0.1) is 0 Å². The molecule has 18 heavy (non-hydrogen) atoms. The Hall–Kier alpha value is -0.850. The first kappa shape index (κ1) is 15.2. The van der Waals surface area contributed by atoms with Gasteiger partial charge in [-0.2, -0.15) is 8.78 Å². The van der Waals surface area contributed by atoms with Gasteiger partial charge in [0.2, 0.25) is 0 Å². The van der Waals surface area contributed by atoms with Crippen molar-refractivity contribution in [2.24, 2.45) is 0 Å². The summed E-state index contributed by atoms with van der Waals surface area (Å²) in [4.78, 5) is 14.0. The molecule has 0 saturated carbocycles. The van der Waals surface area contributed by atoms with Gasteiger partial charge < -0.3 is 4.90 Å². The third-order valence-electron chi connectivity index (χ3n) is 3.30. The molecule has 0 N–H and O–H groups in total. The van der Waals surface area contributed by atoms with Crippen molar-refractivity contribution in [1.29, 1.82) is 0 Å². The molecule has 0 aliphatic carbocycles. The third-order valence-corrected chi connectivity index (χ3v) is 3.30. The second kappa shape index (κ2) is 5.86. The van der Waals surface area contributed by atoms with Crippen LogP contribution in [0.5, 0.6) is 0 Å². The van der Waals surface area contributed by atoms with Gasteiger partial charge >= 0.3 is 12.3 Å². The summed E-state index contributed by atoms with van der Waals surface area (Å²) in [7, 11) is 1.14. The standard InChI is InChI=1S/C11H18F4N2O/c1-3-17-6-4-5-8(17)7-16(2)10(18)11(14,15)9(12)13/h8-9H,3-7H2,1-2H3. The number of carbonyl (C=O) groups excluding carboxylic acids is 1. The second-order valence-corrected chi connectivity index (χ2v) is 4.53. The Kier molecular flexibility index (Phi) is 4.95. The molecule has 1 rings (SSSR count). The predicted octanol–water partition coefficient (Wildman–Crippen LogP) is 1.83. The molecule has 0 bridgehead atoms. The fourth-order valence-corrected chi connectivity index (χ4v) is 2.27. The van der Waals surface area contributed by atoms with Crippen molar-refractivity contribution in [2.45, 2.75) is 38.2 Å². The van der Waals surface area contributed by atoms with Crippen LogP contribution in [0.4, 0.5) is 17.6 Å². The lowest BCUT2D eigenvalue weighted by atomic mass is 10.2. The Bertz CT molecular complexity index is 299. The highest BCUT2D eigenvalue weighted by molar-refractivity contribution is 5.83. The summed E-state index contributed by atoms with van der Waals surface area (Å²) in [5.41, 5.74) is 0. The maximum absolute atomic E-state index is 12.9. The smallest absolute Gasteiger partial charge is 0.339 e. The Morgan fingerprint density at radius 3 is 2.61 bits per heavy atom. The molecule has 1 aliphatic heterocycles. The van der Waals surface area contributed by atoms with Crippen LogP contribution in [-0.4, -0.2) is 60.8 Å². The lowest BCUT2D eigenvalue weighted by Crippen LogP contribution is -2.49. The van der Waals surface area contributed by atoms with E-state index in [0.717, 1.165) is 33.0 Å². The Morgan fingerprint density at radius 2 is 2.11 bits per heavy atom. The molecular weight excluding hydrogens is 252 g/mol. The highest BCUT2D eigenvalue weighted by Gasteiger charge is 2.50. The highest BCUT2D eigenvalue weighted by Crippen LogP contribution is 2.26. The number of likely N-dealkylation sites (N-methyl/N-ethyl adjacent to an activating group) is 2. The molecule has 3 nitrogen and oxygen atoms in total. The van der Waals surface area contributed by atoms with Gasteiger partial charge in [-0.15, -0.1) is 0 Å². The molecule has 1 fully saturated rings. The number of carbonyl (C=O) groups is 1. The number of hydrogen-bond acceptors (Lipinski definition) is 2. The molecule has 0 aromatic heterocycles. The average Bonchev–Trinajstić information content (AvgIpc) is 2.74. The van der Waals surface area contributed by atoms with E-state index in [1.165, 1.54) is 0 Å². The highest BCUT2D eigenvalue weighted by atomic mass is 19.3. The van der Waals surface area contributed by atoms with Crippen LogP contribution in [-0.2, 0) is 4.79 Å². The van der Waals surface area contributed by atoms with Crippen LogP contribution < -0.4 is 0 Å². The molecule has 1 heterocycles. The van der Waals surface area contributed by atoms with Gasteiger partial charge in [0.25, 0.3) is 5.91 Å². The van der Waals surface area contributed by atoms with E-state index in [1.54, 1.807) is 0 Å². The summed E-state index contributed by atoms with van der Waals surface area (Å²) in [5, 5.41) is 0. The zero-order chi connectivity index (χ0) is 13.9. The SMILES string of the molecule is CCN1CCCC1CN(C)C(=O)C(F)(F)C(F)F. The number of hydrogen-bond donors (Lipinski definition) is 0. The largest absolute Gasteiger partial charge is 0.383 e. The molecule has 1 saturated heterocycles. The summed E-state index contributed by atoms with van der Waals surface area (Å²) in [6.45, 7) is 3.62. The molecule has 0 aromatic rings. The van der Waals surface area contributed by atoms with Crippen LogP contribution in [0.25, 0.3) is 0 Å². The summed E-state index contributed by atoms with van der Waals surface area (Å²) < 4.78 is 49.9. The monoisotopic (exact) mass is 270 g/mol. The van der Waals surface area contributed by atoms with Gasteiger partial charge in [0.15, 0.2) is 0 Å². The van der Waals surface area contributed by atoms with E-state index in [1.807, 2.05) is 6.92 Å². The van der Waals surface area contributed by atoms with Gasteiger partial charge in [0, 0.05) is 19.6 Å². The van der Waals surface area contributed by atoms with E-state index in [2.05, 4.69) is 4.90 Å². The number of alkyl halides is 4. The first-order valence-corrected chi connectivity index (χ1v) is 5.96. The third kappa shape index (κ3) is 3.13. The number of amides is 1. The number of likely N-dealkylation sites (tertiary alicyclic amines) is 1. The van der Waals surface area contributed by atoms with Crippen molar-refractivity contribution in [3.05, 3.63) is 0 Å². The van der Waals surface area contributed by atoms with Gasteiger partial charge in [-0.3, -0.25) is 9.69 Å². The summed E-state index contributed by atoms with van der Waals surface area (Å²) in [5.74, 6) is -6.40. The van der Waals surface area contributed by atoms with Crippen molar-refractivity contribution in [2.75, 3.05) is 26.7 Å². The molecule has 0 aromatic carbocycles. The quantitative estimate of drug-likeness (QED) is 0.712. The van der Waals surface area contributed by atoms with Crippen LogP contribution in [0.15, 0.2) is 0 Å². The van der Waals surface area contributed by atoms with E-state index in [9.17, 15) is 22.4 Å². The van der Waals surface area contributed by atoms with E-state index < -0.39 is 18.3 Å². The minimum Gasteiger partial charge on any atom is -0.339 e. The minimum atomic E-state index is -4.59. The van der Waals surface area contributed by atoms with Gasteiger partial charge in [-0.25, -0.2) is 8.78 Å². The van der Waals surface area contributed by atoms with Crippen molar-refractivity contribution in [3.63, 3.8) is 0 Å². The summed E-state index contributed by atoms with van der Waals surface area (Å²) >= 11 is 0. The van der Waals surface area contributed by atoms with Crippen LogP contribution in [0.1, 0.15) is 19.8 Å². The average molecular weight is 270 g/mol. The number of nitrogens with zero attached hydrogens (tertiary/aromatic N) is 2. The van der Waals surface area contributed by atoms with Crippen LogP contribution >= 0.6 is 0 Å². The van der Waals surface area contributed by atoms with Crippen molar-refractivity contribution >= 4 is 5.91 Å². The first-order valence-electron chi connectivity index (χ1n) is 5.96. The van der Waals surface area contributed by atoms with Crippen molar-refractivity contribution in [1.82, 2.24) is 9.80 Å². The zero-order valence-corrected chi connectivity index (χ0v) is 10.5. The van der Waals surface area contributed by atoms with Gasteiger partial charge in [-0.1, -0.05) is 6.92 Å². The fourth-order valence-electron chi connectivity index (χ4n) is 2.27. The lowest BCUT2D eigenvalue weighted by Gasteiger charge is -2.29. The van der Waals surface area contributed by atoms with Crippen molar-refractivity contribution < 1.29 is 22.4 Å². The molecule has 106 valence electrons. The van der Waals surface area contributed by atoms with E-state index in [4.69, 9.17) is 0 Å². The molecule has 1 atom stereocenters. The Labute approximate surface area is 104 Å². The van der Waals surface area contributed by atoms with Crippen molar-refractivity contribution in [3.8, 4) is 0 Å². The molecule has 0 spiro atoms. The van der Waals surface area contributed by atoms with Gasteiger partial charge in [0.05, 0.1) is 0 Å². The summed E-state index contributed by atoms with van der Waals surface area (Å²) in [6.07, 6.45) is -2.23. The Morgan fingerprint density at radius 1 is 1.50 bits per heavy atom. The second-order valence-electron chi connectivity index (χ2n) is 4.53. The maximum atomic E-state index is 12.9. The maximum Gasteiger partial charge on any atom is 0.383 e. The van der Waals surface area contributed by atoms with Gasteiger partial charge in [-0.05, 0) is 25.9 Å². The predicted molar refractivity (Wildman–Crippen MR) is 58.9 cm³/mol. The van der Waals surface area contributed by atoms with Gasteiger partial charge in [0.1, 0.15) is 0 Å². The molecule has 1 amide bonds. The molecule has 1 aliphatic rings. The number of halogens is 4.